The van der Waals surface area contributed by atoms with Crippen molar-refractivity contribution in [2.24, 2.45) is 0 Å². The van der Waals surface area contributed by atoms with Crippen LogP contribution in [-0.4, -0.2) is 36.9 Å². The summed E-state index contributed by atoms with van der Waals surface area (Å²) in [5.74, 6) is -1.67. The number of carbonyl (C=O) groups is 1. The second kappa shape index (κ2) is 5.33. The minimum absolute atomic E-state index is 0.319. The van der Waals surface area contributed by atoms with Crippen LogP contribution in [-0.2, 0) is 10.0 Å². The van der Waals surface area contributed by atoms with Gasteiger partial charge in [0, 0.05) is 13.1 Å². The Hall–Kier alpha value is -1.34. The average Bonchev–Trinajstić information content (AvgIpc) is 2.75. The Labute approximate surface area is 99.9 Å². The third-order valence-corrected chi connectivity index (χ3v) is 4.06. The Balaban J connectivity index is 3.07. The normalized spacial score (nSPS) is 11.9. The molecule has 0 saturated heterocycles. The van der Waals surface area contributed by atoms with Gasteiger partial charge in [0.25, 0.3) is 10.0 Å². The molecule has 0 atom stereocenters. The van der Waals surface area contributed by atoms with Gasteiger partial charge < -0.3 is 9.52 Å². The van der Waals surface area contributed by atoms with Crippen molar-refractivity contribution in [2.45, 2.75) is 25.4 Å². The standard InChI is InChI=1S/C10H15NO5S/c1-3-7-11(4-2)17(14,15)9-6-5-8(16-9)10(12)13/h5-6H,3-4,7H2,1-2H3,(H,12,13). The van der Waals surface area contributed by atoms with E-state index in [-0.39, 0.29) is 10.9 Å². The van der Waals surface area contributed by atoms with E-state index in [0.29, 0.717) is 19.5 Å². The molecule has 1 aromatic rings. The quantitative estimate of drug-likeness (QED) is 0.836. The molecule has 0 saturated carbocycles. The van der Waals surface area contributed by atoms with Gasteiger partial charge >= 0.3 is 5.97 Å². The molecule has 0 unspecified atom stereocenters. The molecular formula is C10H15NO5S. The second-order valence-corrected chi connectivity index (χ2v) is 5.29. The molecule has 7 heteroatoms. The third kappa shape index (κ3) is 2.86. The fraction of sp³-hybridized carbons (Fsp3) is 0.500. The van der Waals surface area contributed by atoms with Gasteiger partial charge in [-0.25, -0.2) is 13.2 Å². The van der Waals surface area contributed by atoms with E-state index in [9.17, 15) is 13.2 Å². The first-order valence-electron chi connectivity index (χ1n) is 5.26. The molecule has 0 radical (unpaired) electrons. The molecule has 0 fully saturated rings. The van der Waals surface area contributed by atoms with Crippen molar-refractivity contribution in [1.82, 2.24) is 4.31 Å². The maximum atomic E-state index is 12.0. The second-order valence-electron chi connectivity index (χ2n) is 3.42. The van der Waals surface area contributed by atoms with Gasteiger partial charge in [0.2, 0.25) is 10.9 Å². The summed E-state index contributed by atoms with van der Waals surface area (Å²) in [4.78, 5) is 10.6. The van der Waals surface area contributed by atoms with E-state index >= 15 is 0 Å². The summed E-state index contributed by atoms with van der Waals surface area (Å²) in [5, 5.41) is 8.33. The van der Waals surface area contributed by atoms with Gasteiger partial charge in [0.1, 0.15) is 0 Å². The van der Waals surface area contributed by atoms with Crippen LogP contribution in [0.5, 0.6) is 0 Å². The van der Waals surface area contributed by atoms with Gasteiger partial charge in [-0.2, -0.15) is 4.31 Å². The smallest absolute Gasteiger partial charge is 0.371 e. The predicted octanol–water partition coefficient (Wildman–Crippen LogP) is 1.40. The van der Waals surface area contributed by atoms with Crippen molar-refractivity contribution in [3.8, 4) is 0 Å². The van der Waals surface area contributed by atoms with Crippen molar-refractivity contribution < 1.29 is 22.7 Å². The number of rotatable bonds is 6. The summed E-state index contributed by atoms with van der Waals surface area (Å²) >= 11 is 0. The van der Waals surface area contributed by atoms with Gasteiger partial charge in [0.15, 0.2) is 0 Å². The molecule has 17 heavy (non-hydrogen) atoms. The molecule has 1 rings (SSSR count). The zero-order valence-corrected chi connectivity index (χ0v) is 10.5. The van der Waals surface area contributed by atoms with Crippen molar-refractivity contribution in [3.05, 3.63) is 17.9 Å². The Morgan fingerprint density at radius 3 is 2.47 bits per heavy atom. The molecule has 1 heterocycles. The zero-order chi connectivity index (χ0) is 13.1. The molecule has 0 aromatic carbocycles. The van der Waals surface area contributed by atoms with Gasteiger partial charge in [0.05, 0.1) is 0 Å². The first kappa shape index (κ1) is 13.7. The summed E-state index contributed by atoms with van der Waals surface area (Å²) in [6.07, 6.45) is 0.680. The van der Waals surface area contributed by atoms with Gasteiger partial charge in [-0.3, -0.25) is 0 Å². The van der Waals surface area contributed by atoms with Crippen molar-refractivity contribution in [2.75, 3.05) is 13.1 Å². The van der Waals surface area contributed by atoms with Crippen LogP contribution in [0.4, 0.5) is 0 Å². The van der Waals surface area contributed by atoms with Crippen LogP contribution in [0.2, 0.25) is 0 Å². The summed E-state index contributed by atoms with van der Waals surface area (Å²) in [6, 6.07) is 2.30. The monoisotopic (exact) mass is 261 g/mol. The molecule has 96 valence electrons. The van der Waals surface area contributed by atoms with Crippen LogP contribution < -0.4 is 0 Å². The Kier molecular flexibility index (Phi) is 4.30. The Morgan fingerprint density at radius 2 is 2.06 bits per heavy atom. The van der Waals surface area contributed by atoms with E-state index in [1.807, 2.05) is 6.92 Å². The van der Waals surface area contributed by atoms with Gasteiger partial charge in [-0.15, -0.1) is 0 Å². The summed E-state index contributed by atoms with van der Waals surface area (Å²) in [7, 11) is -3.72. The lowest BCUT2D eigenvalue weighted by Gasteiger charge is -2.17. The average molecular weight is 261 g/mol. The van der Waals surface area contributed by atoms with E-state index in [1.165, 1.54) is 4.31 Å². The summed E-state index contributed by atoms with van der Waals surface area (Å²) in [5.41, 5.74) is 0. The fourth-order valence-electron chi connectivity index (χ4n) is 1.40. The van der Waals surface area contributed by atoms with Gasteiger partial charge in [-0.05, 0) is 18.6 Å². The van der Waals surface area contributed by atoms with E-state index in [0.717, 1.165) is 12.1 Å². The van der Waals surface area contributed by atoms with Crippen LogP contribution in [0.25, 0.3) is 0 Å². The van der Waals surface area contributed by atoms with Crippen LogP contribution >= 0.6 is 0 Å². The molecule has 1 N–H and O–H groups in total. The van der Waals surface area contributed by atoms with Crippen LogP contribution in [0.3, 0.4) is 0 Å². The summed E-state index contributed by atoms with van der Waals surface area (Å²) in [6.45, 7) is 4.28. The zero-order valence-electron chi connectivity index (χ0n) is 9.71. The predicted molar refractivity (Wildman–Crippen MR) is 60.4 cm³/mol. The highest BCUT2D eigenvalue weighted by Crippen LogP contribution is 2.18. The Morgan fingerprint density at radius 1 is 1.41 bits per heavy atom. The van der Waals surface area contributed by atoms with Gasteiger partial charge in [-0.1, -0.05) is 13.8 Å². The molecule has 0 amide bonds. The SMILES string of the molecule is CCCN(CC)S(=O)(=O)c1ccc(C(=O)O)o1. The minimum atomic E-state index is -3.72. The number of carboxylic acid groups (broad SMARTS) is 1. The number of hydrogen-bond acceptors (Lipinski definition) is 4. The van der Waals surface area contributed by atoms with Crippen molar-refractivity contribution >= 4 is 16.0 Å². The highest BCUT2D eigenvalue weighted by Gasteiger charge is 2.26. The van der Waals surface area contributed by atoms with E-state index < -0.39 is 16.0 Å². The maximum Gasteiger partial charge on any atom is 0.371 e. The van der Waals surface area contributed by atoms with Crippen LogP contribution in [0.15, 0.2) is 21.6 Å². The minimum Gasteiger partial charge on any atom is -0.475 e. The maximum absolute atomic E-state index is 12.0. The van der Waals surface area contributed by atoms with Crippen LogP contribution in [0, 0.1) is 0 Å². The molecule has 0 aliphatic rings. The topological polar surface area (TPSA) is 87.8 Å². The lowest BCUT2D eigenvalue weighted by atomic mass is 10.5. The molecule has 6 nitrogen and oxygen atoms in total. The van der Waals surface area contributed by atoms with E-state index in [2.05, 4.69) is 0 Å². The third-order valence-electron chi connectivity index (χ3n) is 2.21. The lowest BCUT2D eigenvalue weighted by Crippen LogP contribution is -2.31. The first-order valence-corrected chi connectivity index (χ1v) is 6.70. The largest absolute Gasteiger partial charge is 0.475 e. The number of nitrogens with zero attached hydrogens (tertiary/aromatic N) is 1. The molecular weight excluding hydrogens is 246 g/mol. The molecule has 0 aliphatic carbocycles. The Bertz CT molecular complexity index is 491. The molecule has 0 spiro atoms. The number of furan rings is 1. The highest BCUT2D eigenvalue weighted by molar-refractivity contribution is 7.89. The molecule has 0 aliphatic heterocycles. The number of sulfonamides is 1. The highest BCUT2D eigenvalue weighted by atomic mass is 32.2. The lowest BCUT2D eigenvalue weighted by molar-refractivity contribution is 0.0656. The van der Waals surface area contributed by atoms with E-state index in [4.69, 9.17) is 9.52 Å². The van der Waals surface area contributed by atoms with Crippen LogP contribution in [0.1, 0.15) is 30.8 Å². The first-order chi connectivity index (χ1) is 7.93. The van der Waals surface area contributed by atoms with Crippen molar-refractivity contribution in [3.63, 3.8) is 0 Å². The molecule has 0 bridgehead atoms. The number of carboxylic acids is 1. The fourth-order valence-corrected chi connectivity index (χ4v) is 2.85. The van der Waals surface area contributed by atoms with E-state index in [1.54, 1.807) is 6.92 Å². The number of hydrogen-bond donors (Lipinski definition) is 1. The summed E-state index contributed by atoms with van der Waals surface area (Å²) < 4.78 is 30.1. The molecule has 1 aromatic heterocycles. The number of aromatic carboxylic acids is 1. The van der Waals surface area contributed by atoms with Crippen molar-refractivity contribution in [1.29, 1.82) is 0 Å².